The summed E-state index contributed by atoms with van der Waals surface area (Å²) in [5.41, 5.74) is 1.15. The van der Waals surface area contributed by atoms with Crippen LogP contribution in [0, 0.1) is 6.92 Å². The van der Waals surface area contributed by atoms with Gasteiger partial charge in [-0.3, -0.25) is 9.58 Å². The summed E-state index contributed by atoms with van der Waals surface area (Å²) in [6.07, 6.45) is 9.09. The van der Waals surface area contributed by atoms with Gasteiger partial charge in [0.1, 0.15) is 5.01 Å². The third kappa shape index (κ3) is 3.46. The Bertz CT molecular complexity index is 520. The van der Waals surface area contributed by atoms with Crippen molar-refractivity contribution < 1.29 is 0 Å². The number of rotatable bonds is 5. The number of hydrogen-bond donors (Lipinski definition) is 0. The van der Waals surface area contributed by atoms with Gasteiger partial charge in [-0.15, -0.1) is 11.3 Å². The minimum absolute atomic E-state index is 0.678. The van der Waals surface area contributed by atoms with Gasteiger partial charge in [-0.25, -0.2) is 4.98 Å². The van der Waals surface area contributed by atoms with Gasteiger partial charge >= 0.3 is 0 Å². The summed E-state index contributed by atoms with van der Waals surface area (Å²) in [4.78, 5) is 7.22. The molecular weight excluding hydrogens is 268 g/mol. The normalized spacial score (nSPS) is 20.4. The molecule has 2 aromatic rings. The summed E-state index contributed by atoms with van der Waals surface area (Å²) in [5.74, 6) is 0. The molecule has 0 spiro atoms. The lowest BCUT2D eigenvalue weighted by molar-refractivity contribution is 0.127. The zero-order valence-corrected chi connectivity index (χ0v) is 12.9. The van der Waals surface area contributed by atoms with Crippen molar-refractivity contribution in [2.75, 3.05) is 6.54 Å². The van der Waals surface area contributed by atoms with Gasteiger partial charge in [-0.1, -0.05) is 6.42 Å². The monoisotopic (exact) mass is 290 g/mol. The molecule has 1 saturated heterocycles. The van der Waals surface area contributed by atoms with Crippen LogP contribution in [0.2, 0.25) is 0 Å². The molecular formula is C15H22N4S. The Balaban J connectivity index is 1.58. The van der Waals surface area contributed by atoms with Crippen molar-refractivity contribution in [1.82, 2.24) is 19.7 Å². The standard InChI is InChI=1S/C15H22N4S/c1-13-12-20-15(17-13)11-18-8-3-2-5-14(18)6-10-19-9-4-7-16-19/h4,7,9,12,14H,2-3,5-6,8,10-11H2,1H3. The van der Waals surface area contributed by atoms with Gasteiger partial charge < -0.3 is 0 Å². The molecule has 0 radical (unpaired) electrons. The molecule has 1 aliphatic heterocycles. The van der Waals surface area contributed by atoms with E-state index in [-0.39, 0.29) is 0 Å². The van der Waals surface area contributed by atoms with Crippen LogP contribution in [0.15, 0.2) is 23.8 Å². The molecule has 3 rings (SSSR count). The predicted molar refractivity (Wildman–Crippen MR) is 81.7 cm³/mol. The second kappa shape index (κ2) is 6.50. The molecule has 1 atom stereocenters. The molecule has 0 saturated carbocycles. The van der Waals surface area contributed by atoms with Gasteiger partial charge in [0, 0.05) is 36.1 Å². The van der Waals surface area contributed by atoms with E-state index in [2.05, 4.69) is 33.5 Å². The summed E-state index contributed by atoms with van der Waals surface area (Å²) in [6.45, 7) is 5.32. The van der Waals surface area contributed by atoms with Gasteiger partial charge in [-0.05, 0) is 38.8 Å². The van der Waals surface area contributed by atoms with Gasteiger partial charge in [0.2, 0.25) is 0 Å². The highest BCUT2D eigenvalue weighted by Gasteiger charge is 2.23. The minimum Gasteiger partial charge on any atom is -0.294 e. The molecule has 0 bridgehead atoms. The van der Waals surface area contributed by atoms with Crippen LogP contribution in [0.3, 0.4) is 0 Å². The van der Waals surface area contributed by atoms with Crippen LogP contribution in [-0.2, 0) is 13.1 Å². The Morgan fingerprint density at radius 1 is 1.40 bits per heavy atom. The Morgan fingerprint density at radius 3 is 3.10 bits per heavy atom. The van der Waals surface area contributed by atoms with E-state index >= 15 is 0 Å². The Hall–Kier alpha value is -1.20. The molecule has 4 nitrogen and oxygen atoms in total. The molecule has 108 valence electrons. The van der Waals surface area contributed by atoms with Gasteiger partial charge in [0.25, 0.3) is 0 Å². The van der Waals surface area contributed by atoms with Crippen LogP contribution >= 0.6 is 11.3 Å². The van der Waals surface area contributed by atoms with Crippen molar-refractivity contribution in [3.8, 4) is 0 Å². The largest absolute Gasteiger partial charge is 0.294 e. The number of hydrogen-bond acceptors (Lipinski definition) is 4. The van der Waals surface area contributed by atoms with Gasteiger partial charge in [0.15, 0.2) is 0 Å². The van der Waals surface area contributed by atoms with E-state index in [4.69, 9.17) is 0 Å². The number of aryl methyl sites for hydroxylation is 2. The number of nitrogens with zero attached hydrogens (tertiary/aromatic N) is 4. The maximum absolute atomic E-state index is 4.61. The summed E-state index contributed by atoms with van der Waals surface area (Å²) in [7, 11) is 0. The fraction of sp³-hybridized carbons (Fsp3) is 0.600. The fourth-order valence-electron chi connectivity index (χ4n) is 2.96. The third-order valence-electron chi connectivity index (χ3n) is 4.00. The lowest BCUT2D eigenvalue weighted by atomic mass is 9.99. The van der Waals surface area contributed by atoms with Crippen molar-refractivity contribution in [3.63, 3.8) is 0 Å². The van der Waals surface area contributed by atoms with Crippen molar-refractivity contribution >= 4 is 11.3 Å². The molecule has 0 amide bonds. The zero-order valence-electron chi connectivity index (χ0n) is 12.0. The molecule has 3 heterocycles. The summed E-state index contributed by atoms with van der Waals surface area (Å²) in [5, 5.41) is 7.71. The van der Waals surface area contributed by atoms with E-state index < -0.39 is 0 Å². The van der Waals surface area contributed by atoms with E-state index in [0.717, 1.165) is 18.8 Å². The van der Waals surface area contributed by atoms with E-state index in [0.29, 0.717) is 6.04 Å². The van der Waals surface area contributed by atoms with Crippen molar-refractivity contribution in [3.05, 3.63) is 34.5 Å². The van der Waals surface area contributed by atoms with E-state index in [1.165, 1.54) is 37.2 Å². The molecule has 1 unspecified atom stereocenters. The molecule has 5 heteroatoms. The van der Waals surface area contributed by atoms with Crippen LogP contribution in [0.1, 0.15) is 36.4 Å². The maximum atomic E-state index is 4.61. The van der Waals surface area contributed by atoms with Crippen LogP contribution in [0.4, 0.5) is 0 Å². The maximum Gasteiger partial charge on any atom is 0.107 e. The van der Waals surface area contributed by atoms with Crippen molar-refractivity contribution in [2.45, 2.75) is 51.7 Å². The summed E-state index contributed by atoms with van der Waals surface area (Å²) < 4.78 is 2.04. The van der Waals surface area contributed by atoms with Crippen LogP contribution < -0.4 is 0 Å². The third-order valence-corrected chi connectivity index (χ3v) is 4.96. The highest BCUT2D eigenvalue weighted by atomic mass is 32.1. The lowest BCUT2D eigenvalue weighted by Gasteiger charge is -2.35. The van der Waals surface area contributed by atoms with Crippen molar-refractivity contribution in [1.29, 1.82) is 0 Å². The fourth-order valence-corrected chi connectivity index (χ4v) is 3.75. The first-order valence-corrected chi connectivity index (χ1v) is 8.32. The second-order valence-electron chi connectivity index (χ2n) is 5.56. The van der Waals surface area contributed by atoms with Crippen LogP contribution in [0.5, 0.6) is 0 Å². The first-order chi connectivity index (χ1) is 9.81. The molecule has 1 aliphatic rings. The second-order valence-corrected chi connectivity index (χ2v) is 6.50. The first-order valence-electron chi connectivity index (χ1n) is 7.44. The summed E-state index contributed by atoms with van der Waals surface area (Å²) in [6, 6.07) is 2.67. The quantitative estimate of drug-likeness (QED) is 0.848. The molecule has 0 aliphatic carbocycles. The Kier molecular flexibility index (Phi) is 4.47. The van der Waals surface area contributed by atoms with Crippen LogP contribution in [0.25, 0.3) is 0 Å². The lowest BCUT2D eigenvalue weighted by Crippen LogP contribution is -2.39. The molecule has 0 aromatic carbocycles. The molecule has 1 fully saturated rings. The average Bonchev–Trinajstić information content (AvgIpc) is 3.10. The molecule has 20 heavy (non-hydrogen) atoms. The number of aromatic nitrogens is 3. The highest BCUT2D eigenvalue weighted by Crippen LogP contribution is 2.23. The predicted octanol–water partition coefficient (Wildman–Crippen LogP) is 3.09. The SMILES string of the molecule is Cc1csc(CN2CCCCC2CCn2cccn2)n1. The smallest absolute Gasteiger partial charge is 0.107 e. The van der Waals surface area contributed by atoms with E-state index in [1.54, 1.807) is 11.3 Å². The highest BCUT2D eigenvalue weighted by molar-refractivity contribution is 7.09. The van der Waals surface area contributed by atoms with Crippen LogP contribution in [-0.4, -0.2) is 32.3 Å². The first kappa shape index (κ1) is 13.8. The number of likely N-dealkylation sites (tertiary alicyclic amines) is 1. The van der Waals surface area contributed by atoms with Gasteiger partial charge in [-0.2, -0.15) is 5.10 Å². The minimum atomic E-state index is 0.678. The van der Waals surface area contributed by atoms with E-state index in [1.807, 2.05) is 16.9 Å². The zero-order chi connectivity index (χ0) is 13.8. The summed E-state index contributed by atoms with van der Waals surface area (Å²) >= 11 is 1.79. The average molecular weight is 290 g/mol. The van der Waals surface area contributed by atoms with Crippen molar-refractivity contribution in [2.24, 2.45) is 0 Å². The van der Waals surface area contributed by atoms with E-state index in [9.17, 15) is 0 Å². The molecule has 0 N–H and O–H groups in total. The Labute approximate surface area is 124 Å². The molecule has 2 aromatic heterocycles. The van der Waals surface area contributed by atoms with Gasteiger partial charge in [0.05, 0.1) is 6.54 Å². The number of thiazole rings is 1. The number of piperidine rings is 1. The Morgan fingerprint density at radius 2 is 2.35 bits per heavy atom. The topological polar surface area (TPSA) is 34.0 Å².